The molecule has 0 fully saturated rings. The van der Waals surface area contributed by atoms with Crippen molar-refractivity contribution in [2.24, 2.45) is 11.5 Å². The zero-order chi connectivity index (χ0) is 18.3. The smallest absolute Gasteiger partial charge is 0.243 e. The molecule has 0 radical (unpaired) electrons. The second kappa shape index (κ2) is 9.34. The molecule has 0 amide bonds. The van der Waals surface area contributed by atoms with Crippen LogP contribution in [-0.2, 0) is 14.3 Å². The fraction of sp³-hybridized carbons (Fsp3) is 0.769. The molecule has 0 aromatic carbocycles. The molecular weight excluding hydrogens is 318 g/mol. The first kappa shape index (κ1) is 22.0. The Balaban J connectivity index is 4.93. The van der Waals surface area contributed by atoms with Crippen LogP contribution in [0.3, 0.4) is 0 Å². The van der Waals surface area contributed by atoms with Crippen LogP contribution in [0.5, 0.6) is 0 Å². The largest absolute Gasteiger partial charge is 0.468 e. The number of carbonyl (C=O) groups excluding carboxylic acids is 3. The Kier molecular flexibility index (Phi) is 8.94. The van der Waals surface area contributed by atoms with Crippen molar-refractivity contribution in [1.82, 2.24) is 0 Å². The van der Waals surface area contributed by atoms with Crippen LogP contribution in [0.1, 0.15) is 27.2 Å². The lowest BCUT2D eigenvalue weighted by molar-refractivity contribution is -0.108. The lowest BCUT2D eigenvalue weighted by Crippen LogP contribution is -2.55. The molecule has 3 atom stereocenters. The van der Waals surface area contributed by atoms with Gasteiger partial charge in [0.2, 0.25) is 27.4 Å². The highest BCUT2D eigenvalue weighted by atomic mass is 32.2. The molecule has 3 unspecified atom stereocenters. The summed E-state index contributed by atoms with van der Waals surface area (Å²) in [5.41, 5.74) is 10.2. The number of nitrogens with two attached hydrogens (primary N) is 2. The van der Waals surface area contributed by atoms with Crippen LogP contribution in [0.15, 0.2) is 0 Å². The molecule has 10 heteroatoms. The third-order valence-corrected chi connectivity index (χ3v) is 4.18. The Morgan fingerprint density at radius 3 is 2.22 bits per heavy atom. The van der Waals surface area contributed by atoms with Crippen LogP contribution in [0.2, 0.25) is 0 Å². The molecule has 0 saturated carbocycles. The van der Waals surface area contributed by atoms with E-state index >= 15 is 0 Å². The molecule has 0 aliphatic carbocycles. The normalized spacial score (nSPS) is 16.7. The number of hydrogen-bond donors (Lipinski definition) is 2. The standard InChI is InChI=1S/C13H26B2N2O5S/c1-12(2,22-11(15)20)7-13(3,17)9(21-10(14)19)6-23-5-8(16)4-18/h4,8-9H,5-7,14-17H2,1-3H3. The van der Waals surface area contributed by atoms with E-state index in [0.29, 0.717) is 24.2 Å². The summed E-state index contributed by atoms with van der Waals surface area (Å²) >= 11 is 1.38. The highest BCUT2D eigenvalue weighted by Crippen LogP contribution is 2.28. The second-order valence-corrected chi connectivity index (χ2v) is 7.55. The Morgan fingerprint density at radius 2 is 1.78 bits per heavy atom. The van der Waals surface area contributed by atoms with Gasteiger partial charge in [0.25, 0.3) is 0 Å². The Bertz CT molecular complexity index is 435. The lowest BCUT2D eigenvalue weighted by Gasteiger charge is -2.39. The Labute approximate surface area is 143 Å². The van der Waals surface area contributed by atoms with E-state index in [9.17, 15) is 14.4 Å². The van der Waals surface area contributed by atoms with Gasteiger partial charge < -0.3 is 25.7 Å². The number of aldehydes is 1. The van der Waals surface area contributed by atoms with Crippen LogP contribution >= 0.6 is 11.8 Å². The van der Waals surface area contributed by atoms with E-state index in [1.165, 1.54) is 27.5 Å². The summed E-state index contributed by atoms with van der Waals surface area (Å²) in [6.45, 7) is 5.24. The Morgan fingerprint density at radius 1 is 1.22 bits per heavy atom. The average molecular weight is 344 g/mol. The van der Waals surface area contributed by atoms with Gasteiger partial charge >= 0.3 is 0 Å². The number of ether oxygens (including phenoxy) is 2. The summed E-state index contributed by atoms with van der Waals surface area (Å²) in [6, 6.07) is -0.570. The number of thioether (sulfide) groups is 1. The summed E-state index contributed by atoms with van der Waals surface area (Å²) in [4.78, 5) is 33.1. The first-order valence-corrected chi connectivity index (χ1v) is 8.49. The zero-order valence-electron chi connectivity index (χ0n) is 14.5. The molecule has 0 aliphatic heterocycles. The van der Waals surface area contributed by atoms with Gasteiger partial charge in [-0.2, -0.15) is 11.8 Å². The van der Waals surface area contributed by atoms with Gasteiger partial charge in [0.05, 0.1) is 11.6 Å². The van der Waals surface area contributed by atoms with Crippen molar-refractivity contribution in [3.05, 3.63) is 0 Å². The van der Waals surface area contributed by atoms with Crippen molar-refractivity contribution < 1.29 is 23.9 Å². The monoisotopic (exact) mass is 344 g/mol. The van der Waals surface area contributed by atoms with Crippen molar-refractivity contribution >= 4 is 45.5 Å². The molecular formula is C13H26B2N2O5S. The van der Waals surface area contributed by atoms with Crippen molar-refractivity contribution in [3.8, 4) is 0 Å². The van der Waals surface area contributed by atoms with Gasteiger partial charge in [0.15, 0.2) is 0 Å². The predicted molar refractivity (Wildman–Crippen MR) is 96.5 cm³/mol. The molecule has 0 aromatic rings. The van der Waals surface area contributed by atoms with E-state index in [4.69, 9.17) is 20.9 Å². The van der Waals surface area contributed by atoms with Crippen molar-refractivity contribution in [3.63, 3.8) is 0 Å². The van der Waals surface area contributed by atoms with Gasteiger partial charge in [0.1, 0.15) is 18.0 Å². The summed E-state index contributed by atoms with van der Waals surface area (Å²) in [5.74, 6) is -0.0481. The SMILES string of the molecule is BC(=O)OC(CSCC(N)C=O)C(C)(N)CC(C)(C)OC(B)=O. The maximum atomic E-state index is 11.3. The molecule has 0 saturated heterocycles. The van der Waals surface area contributed by atoms with Gasteiger partial charge in [-0.3, -0.25) is 9.59 Å². The average Bonchev–Trinajstić information content (AvgIpc) is 2.33. The van der Waals surface area contributed by atoms with Gasteiger partial charge in [-0.25, -0.2) is 0 Å². The van der Waals surface area contributed by atoms with Crippen molar-refractivity contribution in [2.45, 2.75) is 50.5 Å². The quantitative estimate of drug-likeness (QED) is 0.384. The number of hydrogen-bond acceptors (Lipinski definition) is 8. The van der Waals surface area contributed by atoms with Gasteiger partial charge in [-0.15, -0.1) is 0 Å². The van der Waals surface area contributed by atoms with Crippen LogP contribution in [0.25, 0.3) is 0 Å². The molecule has 0 aliphatic rings. The third-order valence-electron chi connectivity index (χ3n) is 3.02. The van der Waals surface area contributed by atoms with Crippen LogP contribution in [-0.4, -0.2) is 68.5 Å². The predicted octanol–water partition coefficient (Wildman–Crippen LogP) is -0.960. The van der Waals surface area contributed by atoms with E-state index in [0.717, 1.165) is 0 Å². The van der Waals surface area contributed by atoms with E-state index in [1.807, 2.05) is 0 Å². The van der Waals surface area contributed by atoms with E-state index in [2.05, 4.69) is 0 Å². The lowest BCUT2D eigenvalue weighted by atomic mass is 9.84. The summed E-state index contributed by atoms with van der Waals surface area (Å²) in [6.07, 6.45) is 0.371. The van der Waals surface area contributed by atoms with Crippen molar-refractivity contribution in [1.29, 1.82) is 0 Å². The minimum absolute atomic E-state index is 0.303. The minimum atomic E-state index is -0.914. The molecule has 130 valence electrons. The zero-order valence-corrected chi connectivity index (χ0v) is 15.3. The van der Waals surface area contributed by atoms with Gasteiger partial charge in [-0.1, -0.05) is 0 Å². The van der Waals surface area contributed by atoms with E-state index in [1.54, 1.807) is 20.8 Å². The summed E-state index contributed by atoms with van der Waals surface area (Å²) < 4.78 is 10.6. The maximum Gasteiger partial charge on any atom is 0.243 e. The molecule has 0 heterocycles. The van der Waals surface area contributed by atoms with Crippen LogP contribution in [0.4, 0.5) is 9.59 Å². The molecule has 0 spiro atoms. The Hall–Kier alpha value is -0.990. The maximum absolute atomic E-state index is 11.3. The van der Waals surface area contributed by atoms with Gasteiger partial charge in [-0.05, 0) is 20.8 Å². The number of carbonyl (C=O) groups is 3. The van der Waals surface area contributed by atoms with Gasteiger partial charge in [0, 0.05) is 17.9 Å². The topological polar surface area (TPSA) is 122 Å². The molecule has 0 rings (SSSR count). The number of rotatable bonds is 10. The van der Waals surface area contributed by atoms with Crippen molar-refractivity contribution in [2.75, 3.05) is 11.5 Å². The van der Waals surface area contributed by atoms with Crippen LogP contribution < -0.4 is 11.5 Å². The second-order valence-electron chi connectivity index (χ2n) is 6.47. The third kappa shape index (κ3) is 9.68. The van der Waals surface area contributed by atoms with E-state index < -0.39 is 35.0 Å². The molecule has 0 bridgehead atoms. The highest BCUT2D eigenvalue weighted by molar-refractivity contribution is 7.99. The molecule has 0 aromatic heterocycles. The fourth-order valence-corrected chi connectivity index (χ4v) is 3.52. The summed E-state index contributed by atoms with van der Waals surface area (Å²) in [5, 5.41) is 0. The highest BCUT2D eigenvalue weighted by Gasteiger charge is 2.39. The first-order valence-electron chi connectivity index (χ1n) is 7.34. The summed E-state index contributed by atoms with van der Waals surface area (Å²) in [7, 11) is 2.64. The first-order chi connectivity index (χ1) is 10.4. The van der Waals surface area contributed by atoms with E-state index in [-0.39, 0.29) is 0 Å². The minimum Gasteiger partial charge on any atom is -0.468 e. The molecule has 7 nitrogen and oxygen atoms in total. The molecule has 23 heavy (non-hydrogen) atoms. The molecule has 4 N–H and O–H groups in total. The fourth-order valence-electron chi connectivity index (χ4n) is 2.37. The van der Waals surface area contributed by atoms with Crippen LogP contribution in [0, 0.1) is 0 Å².